The Kier molecular flexibility index (Phi) is 3.61. The lowest BCUT2D eigenvalue weighted by Crippen LogP contribution is -2.27. The first kappa shape index (κ1) is 10.9. The Labute approximate surface area is 98.2 Å². The zero-order valence-corrected chi connectivity index (χ0v) is 9.63. The summed E-state index contributed by atoms with van der Waals surface area (Å²) in [5.41, 5.74) is 0. The highest BCUT2D eigenvalue weighted by molar-refractivity contribution is 6.33. The van der Waals surface area contributed by atoms with Crippen molar-refractivity contribution in [2.24, 2.45) is 0 Å². The first-order valence-corrected chi connectivity index (χ1v) is 5.54. The van der Waals surface area contributed by atoms with Crippen molar-refractivity contribution in [2.45, 2.75) is 6.42 Å². The second-order valence-electron chi connectivity index (χ2n) is 3.26. The zero-order valence-electron chi connectivity index (χ0n) is 8.12. The van der Waals surface area contributed by atoms with Crippen LogP contribution < -0.4 is 4.90 Å². The predicted molar refractivity (Wildman–Crippen MR) is 59.7 cm³/mol. The minimum atomic E-state index is 0.222. The predicted octanol–water partition coefficient (Wildman–Crippen LogP) is 2.01. The summed E-state index contributed by atoms with van der Waals surface area (Å²) in [4.78, 5) is 10.0. The smallest absolute Gasteiger partial charge is 0.224 e. The van der Waals surface area contributed by atoms with E-state index in [1.165, 1.54) is 6.20 Å². The Morgan fingerprint density at radius 1 is 1.27 bits per heavy atom. The summed E-state index contributed by atoms with van der Waals surface area (Å²) in [6.07, 6.45) is 2.50. The summed E-state index contributed by atoms with van der Waals surface area (Å²) < 4.78 is 5.36. The monoisotopic (exact) mass is 247 g/mol. The van der Waals surface area contributed by atoms with Crippen molar-refractivity contribution in [1.82, 2.24) is 9.97 Å². The van der Waals surface area contributed by atoms with E-state index in [-0.39, 0.29) is 5.28 Å². The Balaban J connectivity index is 2.22. The number of ether oxygens (including phenoxy) is 1. The number of aromatic nitrogens is 2. The summed E-state index contributed by atoms with van der Waals surface area (Å²) in [6, 6.07) is 0. The van der Waals surface area contributed by atoms with Crippen LogP contribution in [0.25, 0.3) is 0 Å². The van der Waals surface area contributed by atoms with Gasteiger partial charge in [-0.25, -0.2) is 4.98 Å². The van der Waals surface area contributed by atoms with E-state index in [1.807, 2.05) is 0 Å². The summed E-state index contributed by atoms with van der Waals surface area (Å²) >= 11 is 11.8. The molecule has 0 radical (unpaired) electrons. The molecule has 6 heteroatoms. The molecule has 82 valence electrons. The van der Waals surface area contributed by atoms with Gasteiger partial charge in [0.15, 0.2) is 5.82 Å². The summed E-state index contributed by atoms with van der Waals surface area (Å²) in [5, 5.41) is 0.751. The maximum atomic E-state index is 6.02. The van der Waals surface area contributed by atoms with Gasteiger partial charge in [0, 0.05) is 19.7 Å². The number of anilines is 1. The number of halogens is 2. The lowest BCUT2D eigenvalue weighted by atomic mass is 10.4. The molecule has 0 amide bonds. The van der Waals surface area contributed by atoms with E-state index in [2.05, 4.69) is 14.9 Å². The van der Waals surface area contributed by atoms with Gasteiger partial charge in [-0.05, 0) is 18.0 Å². The first-order valence-electron chi connectivity index (χ1n) is 4.78. The van der Waals surface area contributed by atoms with Gasteiger partial charge in [0.05, 0.1) is 12.8 Å². The molecule has 0 N–H and O–H groups in total. The van der Waals surface area contributed by atoms with E-state index in [0.29, 0.717) is 17.4 Å². The molecule has 1 saturated heterocycles. The molecule has 1 aromatic rings. The van der Waals surface area contributed by atoms with Gasteiger partial charge in [-0.3, -0.25) is 0 Å². The molecule has 4 nitrogen and oxygen atoms in total. The van der Waals surface area contributed by atoms with Crippen LogP contribution in [0.4, 0.5) is 5.82 Å². The zero-order chi connectivity index (χ0) is 10.7. The number of nitrogens with zero attached hydrogens (tertiary/aromatic N) is 3. The lowest BCUT2D eigenvalue weighted by Gasteiger charge is -2.21. The third kappa shape index (κ3) is 2.71. The Bertz CT molecular complexity index is 340. The Morgan fingerprint density at radius 3 is 3.00 bits per heavy atom. The molecule has 1 aliphatic heterocycles. The van der Waals surface area contributed by atoms with Gasteiger partial charge in [-0.15, -0.1) is 0 Å². The van der Waals surface area contributed by atoms with Crippen molar-refractivity contribution in [2.75, 3.05) is 31.2 Å². The summed E-state index contributed by atoms with van der Waals surface area (Å²) in [7, 11) is 0. The molecule has 2 heterocycles. The summed E-state index contributed by atoms with van der Waals surface area (Å²) in [5.74, 6) is 0.696. The van der Waals surface area contributed by atoms with Crippen LogP contribution in [0, 0.1) is 0 Å². The molecule has 2 rings (SSSR count). The van der Waals surface area contributed by atoms with Crippen molar-refractivity contribution in [1.29, 1.82) is 0 Å². The van der Waals surface area contributed by atoms with Crippen LogP contribution >= 0.6 is 23.2 Å². The van der Waals surface area contributed by atoms with E-state index in [4.69, 9.17) is 27.9 Å². The largest absolute Gasteiger partial charge is 0.380 e. The molecule has 0 bridgehead atoms. The van der Waals surface area contributed by atoms with Gasteiger partial charge >= 0.3 is 0 Å². The maximum Gasteiger partial charge on any atom is 0.224 e. The first-order chi connectivity index (χ1) is 7.27. The fourth-order valence-electron chi connectivity index (χ4n) is 1.52. The van der Waals surface area contributed by atoms with Crippen molar-refractivity contribution in [3.8, 4) is 0 Å². The standard InChI is InChI=1S/C9H11Cl2N3O/c10-7-6-12-9(11)13-8(7)14-2-1-4-15-5-3-14/h6H,1-5H2. The molecule has 0 unspecified atom stereocenters. The normalized spacial score (nSPS) is 17.6. The van der Waals surface area contributed by atoms with Gasteiger partial charge in [0.2, 0.25) is 5.28 Å². The van der Waals surface area contributed by atoms with E-state index < -0.39 is 0 Å². The second-order valence-corrected chi connectivity index (χ2v) is 4.01. The Hall–Kier alpha value is -0.580. The molecule has 0 aliphatic carbocycles. The van der Waals surface area contributed by atoms with Gasteiger partial charge in [0.25, 0.3) is 0 Å². The van der Waals surface area contributed by atoms with Crippen LogP contribution in [0.2, 0.25) is 10.3 Å². The lowest BCUT2D eigenvalue weighted by molar-refractivity contribution is 0.152. The average molecular weight is 248 g/mol. The van der Waals surface area contributed by atoms with Crippen LogP contribution in [0.5, 0.6) is 0 Å². The highest BCUT2D eigenvalue weighted by Crippen LogP contribution is 2.24. The molecule has 1 aliphatic rings. The van der Waals surface area contributed by atoms with Gasteiger partial charge in [-0.1, -0.05) is 11.6 Å². The Morgan fingerprint density at radius 2 is 2.13 bits per heavy atom. The van der Waals surface area contributed by atoms with Crippen LogP contribution in [-0.4, -0.2) is 36.3 Å². The van der Waals surface area contributed by atoms with E-state index in [0.717, 1.165) is 26.1 Å². The average Bonchev–Trinajstić information content (AvgIpc) is 2.50. The molecule has 0 aromatic carbocycles. The van der Waals surface area contributed by atoms with Gasteiger partial charge < -0.3 is 9.64 Å². The third-order valence-electron chi connectivity index (χ3n) is 2.22. The molecular weight excluding hydrogens is 237 g/mol. The van der Waals surface area contributed by atoms with Crippen LogP contribution in [0.15, 0.2) is 6.20 Å². The second kappa shape index (κ2) is 4.96. The molecule has 0 atom stereocenters. The fourth-order valence-corrected chi connectivity index (χ4v) is 1.86. The quantitative estimate of drug-likeness (QED) is 0.712. The van der Waals surface area contributed by atoms with Crippen molar-refractivity contribution >= 4 is 29.0 Å². The topological polar surface area (TPSA) is 38.2 Å². The highest BCUT2D eigenvalue weighted by atomic mass is 35.5. The van der Waals surface area contributed by atoms with E-state index >= 15 is 0 Å². The maximum absolute atomic E-state index is 6.02. The summed E-state index contributed by atoms with van der Waals surface area (Å²) in [6.45, 7) is 3.14. The van der Waals surface area contributed by atoms with Gasteiger partial charge in [0.1, 0.15) is 5.02 Å². The third-order valence-corrected chi connectivity index (χ3v) is 2.67. The van der Waals surface area contributed by atoms with Crippen molar-refractivity contribution < 1.29 is 4.74 Å². The van der Waals surface area contributed by atoms with Crippen molar-refractivity contribution in [3.05, 3.63) is 16.5 Å². The number of rotatable bonds is 1. The van der Waals surface area contributed by atoms with Crippen LogP contribution in [0.1, 0.15) is 6.42 Å². The fraction of sp³-hybridized carbons (Fsp3) is 0.556. The molecular formula is C9H11Cl2N3O. The number of hydrogen-bond donors (Lipinski definition) is 0. The number of hydrogen-bond acceptors (Lipinski definition) is 4. The molecule has 15 heavy (non-hydrogen) atoms. The molecule has 0 saturated carbocycles. The SMILES string of the molecule is Clc1ncc(Cl)c(N2CCCOCC2)n1. The highest BCUT2D eigenvalue weighted by Gasteiger charge is 2.15. The van der Waals surface area contributed by atoms with Gasteiger partial charge in [-0.2, -0.15) is 4.98 Å². The molecule has 1 aromatic heterocycles. The minimum absolute atomic E-state index is 0.222. The van der Waals surface area contributed by atoms with E-state index in [1.54, 1.807) is 0 Å². The van der Waals surface area contributed by atoms with Crippen LogP contribution in [0.3, 0.4) is 0 Å². The van der Waals surface area contributed by atoms with Crippen LogP contribution in [-0.2, 0) is 4.74 Å². The van der Waals surface area contributed by atoms with Crippen molar-refractivity contribution in [3.63, 3.8) is 0 Å². The molecule has 1 fully saturated rings. The molecule has 0 spiro atoms. The van der Waals surface area contributed by atoms with E-state index in [9.17, 15) is 0 Å². The minimum Gasteiger partial charge on any atom is -0.380 e.